The van der Waals surface area contributed by atoms with Gasteiger partial charge in [-0.3, -0.25) is 0 Å². The molecule has 0 aromatic carbocycles. The van der Waals surface area contributed by atoms with Gasteiger partial charge in [0.15, 0.2) is 0 Å². The van der Waals surface area contributed by atoms with Crippen LogP contribution < -0.4 is 0 Å². The number of carboxylic acid groups (broad SMARTS) is 1. The molecule has 0 spiro atoms. The molecule has 98 valence electrons. The Morgan fingerprint density at radius 2 is 1.50 bits per heavy atom. The van der Waals surface area contributed by atoms with Crippen molar-refractivity contribution in [1.82, 2.24) is 0 Å². The van der Waals surface area contributed by atoms with Gasteiger partial charge < -0.3 is 0 Å². The Morgan fingerprint density at radius 3 is 1.83 bits per heavy atom. The number of ketones is 4. The summed E-state index contributed by atoms with van der Waals surface area (Å²) in [5, 5.41) is 8.29. The Kier molecular flexibility index (Phi) is 10.3. The SMILES string of the molecule is CC(=O)[CH]([GaH][CH2]C(=O)CC(=O)C(=O)O)C(C)=O.[GaH3]. The van der Waals surface area contributed by atoms with Crippen molar-refractivity contribution in [2.24, 2.45) is 0 Å². The summed E-state index contributed by atoms with van der Waals surface area (Å²) in [4.78, 5) is 54.4. The molecule has 0 fully saturated rings. The van der Waals surface area contributed by atoms with Crippen LogP contribution >= 0.6 is 0 Å². The molecule has 0 aliphatic heterocycles. The number of hydrogen-bond donors (Lipinski definition) is 1. The topological polar surface area (TPSA) is 106 Å². The molecule has 0 amide bonds. The molecule has 0 unspecified atom stereocenters. The Hall–Kier alpha value is -0.577. The van der Waals surface area contributed by atoms with Gasteiger partial charge >= 0.3 is 125 Å². The van der Waals surface area contributed by atoms with Gasteiger partial charge in [0.25, 0.3) is 0 Å². The fraction of sp³-hybridized carbons (Fsp3) is 0.500. The number of carbonyl (C=O) groups is 5. The Balaban J connectivity index is 0. The molecule has 0 rings (SSSR count). The second-order valence-corrected chi connectivity index (χ2v) is 7.73. The van der Waals surface area contributed by atoms with E-state index in [1.165, 1.54) is 13.8 Å². The van der Waals surface area contributed by atoms with Gasteiger partial charge in [-0.05, 0) is 0 Å². The molecule has 0 saturated carbocycles. The predicted molar refractivity (Wildman–Crippen MR) is 69.3 cm³/mol. The van der Waals surface area contributed by atoms with E-state index in [1.54, 1.807) is 0 Å². The molecule has 0 atom stereocenters. The van der Waals surface area contributed by atoms with Crippen molar-refractivity contribution in [3.05, 3.63) is 0 Å². The third kappa shape index (κ3) is 7.69. The van der Waals surface area contributed by atoms with Gasteiger partial charge in [-0.1, -0.05) is 0 Å². The van der Waals surface area contributed by atoms with E-state index in [4.69, 9.17) is 5.11 Å². The first-order chi connectivity index (χ1) is 7.75. The van der Waals surface area contributed by atoms with E-state index < -0.39 is 45.8 Å². The van der Waals surface area contributed by atoms with Crippen LogP contribution in [-0.4, -0.2) is 71.4 Å². The Labute approximate surface area is 125 Å². The Morgan fingerprint density at radius 1 is 1.06 bits per heavy atom. The summed E-state index contributed by atoms with van der Waals surface area (Å²) in [6.45, 7) is 2.59. The summed E-state index contributed by atoms with van der Waals surface area (Å²) in [7, 11) is 0. The van der Waals surface area contributed by atoms with Crippen LogP contribution in [0.2, 0.25) is 9.45 Å². The maximum atomic E-state index is 11.2. The third-order valence-corrected chi connectivity index (χ3v) is 7.69. The first-order valence-corrected chi connectivity index (χ1v) is 8.85. The molecule has 1 N–H and O–H groups in total. The van der Waals surface area contributed by atoms with E-state index in [-0.39, 0.29) is 36.3 Å². The molecule has 0 bridgehead atoms. The van der Waals surface area contributed by atoms with Crippen LogP contribution in [0.1, 0.15) is 20.3 Å². The summed E-state index contributed by atoms with van der Waals surface area (Å²) in [5.41, 5.74) is 0. The van der Waals surface area contributed by atoms with Crippen LogP contribution in [0, 0.1) is 0 Å². The minimum absolute atomic E-state index is 0. The molecule has 18 heavy (non-hydrogen) atoms. The van der Waals surface area contributed by atoms with E-state index in [9.17, 15) is 24.0 Å². The van der Waals surface area contributed by atoms with Crippen molar-refractivity contribution < 1.29 is 29.1 Å². The zero-order valence-corrected chi connectivity index (χ0v) is 12.7. The molecule has 0 aromatic rings. The zero-order chi connectivity index (χ0) is 13.6. The molecule has 8 heteroatoms. The van der Waals surface area contributed by atoms with Gasteiger partial charge in [-0.25, -0.2) is 0 Å². The summed E-state index contributed by atoms with van der Waals surface area (Å²) in [6, 6.07) is 0. The number of carboxylic acids is 1. The molecule has 0 aliphatic rings. The number of rotatable bonds is 8. The minimum atomic E-state index is -1.73. The van der Waals surface area contributed by atoms with Crippen LogP contribution in [0.25, 0.3) is 0 Å². The van der Waals surface area contributed by atoms with Crippen LogP contribution in [0.3, 0.4) is 0 Å². The van der Waals surface area contributed by atoms with Gasteiger partial charge in [0.2, 0.25) is 0 Å². The quantitative estimate of drug-likeness (QED) is 0.308. The first-order valence-electron chi connectivity index (χ1n) is 5.04. The van der Waals surface area contributed by atoms with Crippen molar-refractivity contribution >= 4 is 66.3 Å². The normalized spacial score (nSPS) is 9.28. The van der Waals surface area contributed by atoms with Crippen molar-refractivity contribution in [3.63, 3.8) is 0 Å². The molecule has 0 heterocycles. The summed E-state index contributed by atoms with van der Waals surface area (Å²) >= 11 is -1.73. The monoisotopic (exact) mass is 370 g/mol. The van der Waals surface area contributed by atoms with Crippen molar-refractivity contribution in [1.29, 1.82) is 0 Å². The van der Waals surface area contributed by atoms with Crippen molar-refractivity contribution in [2.75, 3.05) is 0 Å². The first kappa shape index (κ1) is 19.8. The predicted octanol–water partition coefficient (Wildman–Crippen LogP) is -1.76. The van der Waals surface area contributed by atoms with Crippen LogP contribution in [0.4, 0.5) is 0 Å². The fourth-order valence-corrected chi connectivity index (χ4v) is 4.70. The molecule has 6 nitrogen and oxygen atoms in total. The van der Waals surface area contributed by atoms with Crippen molar-refractivity contribution in [3.8, 4) is 0 Å². The van der Waals surface area contributed by atoms with Crippen LogP contribution in [0.15, 0.2) is 0 Å². The van der Waals surface area contributed by atoms with E-state index >= 15 is 0 Å². The van der Waals surface area contributed by atoms with Gasteiger partial charge in [-0.2, -0.15) is 0 Å². The average molecular weight is 372 g/mol. The number of aliphatic carboxylic acids is 1. The fourth-order valence-electron chi connectivity index (χ4n) is 1.34. The number of hydrogen-bond acceptors (Lipinski definition) is 5. The summed E-state index contributed by atoms with van der Waals surface area (Å²) < 4.78 is -0.661. The van der Waals surface area contributed by atoms with Gasteiger partial charge in [0, 0.05) is 0 Å². The van der Waals surface area contributed by atoms with E-state index in [2.05, 4.69) is 0 Å². The van der Waals surface area contributed by atoms with Crippen LogP contribution in [-0.2, 0) is 24.0 Å². The number of carbonyl (C=O) groups excluding carboxylic acids is 4. The standard InChI is InChI=1S/C5H5O4.C5H7O2.2Ga.4H/c1-3(6)2-4(7)5(8)9;1-4(6)3-5(2)7;;;;;;/h1-2H2,(H,8,9);3H,1-2H3;;;;;;. The maximum absolute atomic E-state index is 11.2. The molecule has 0 radical (unpaired) electrons. The van der Waals surface area contributed by atoms with Gasteiger partial charge in [-0.15, -0.1) is 0 Å². The number of Topliss-reactive ketones (excluding diaryl/α,β-unsaturated/α-hetero) is 4. The molecular formula is C10H16Ga2O6. The van der Waals surface area contributed by atoms with E-state index in [0.717, 1.165) is 0 Å². The van der Waals surface area contributed by atoms with Gasteiger partial charge in [0.1, 0.15) is 0 Å². The van der Waals surface area contributed by atoms with Crippen molar-refractivity contribution in [2.45, 2.75) is 29.7 Å². The van der Waals surface area contributed by atoms with E-state index in [0.29, 0.717) is 0 Å². The van der Waals surface area contributed by atoms with Gasteiger partial charge in [0.05, 0.1) is 0 Å². The molecule has 0 aliphatic carbocycles. The van der Waals surface area contributed by atoms with E-state index in [1.807, 2.05) is 0 Å². The molecule has 0 aromatic heterocycles. The second kappa shape index (κ2) is 9.37. The summed E-state index contributed by atoms with van der Waals surface area (Å²) in [6.07, 6.45) is -0.650. The average Bonchev–Trinajstić information content (AvgIpc) is 2.16. The Bertz CT molecular complexity index is 363. The van der Waals surface area contributed by atoms with Crippen LogP contribution in [0.5, 0.6) is 0 Å². The zero-order valence-electron chi connectivity index (χ0n) is 9.69. The molecular weight excluding hydrogens is 356 g/mol. The second-order valence-electron chi connectivity index (χ2n) is 3.76. The summed E-state index contributed by atoms with van der Waals surface area (Å²) in [5.74, 6) is -3.80. The third-order valence-electron chi connectivity index (χ3n) is 2.29. The molecule has 0 saturated heterocycles.